The first-order valence-corrected chi connectivity index (χ1v) is 11.4. The fraction of sp³-hybridized carbons (Fsp3) is 0.100. The van der Waals surface area contributed by atoms with Crippen molar-refractivity contribution in [3.63, 3.8) is 0 Å². The van der Waals surface area contributed by atoms with Crippen molar-refractivity contribution in [2.45, 2.75) is 6.54 Å². The van der Waals surface area contributed by atoms with Crippen LogP contribution < -0.4 is 10.0 Å². The van der Waals surface area contributed by atoms with Crippen LogP contribution in [0.3, 0.4) is 0 Å². The van der Waals surface area contributed by atoms with Crippen molar-refractivity contribution >= 4 is 43.1 Å². The number of sulfonamides is 1. The fourth-order valence-corrected chi connectivity index (χ4v) is 4.51. The number of benzene rings is 2. The van der Waals surface area contributed by atoms with Crippen LogP contribution in [0.15, 0.2) is 66.3 Å². The zero-order valence-corrected chi connectivity index (χ0v) is 16.7. The summed E-state index contributed by atoms with van der Waals surface area (Å²) >= 11 is 1.57. The Morgan fingerprint density at radius 2 is 1.75 bits per heavy atom. The van der Waals surface area contributed by atoms with Crippen LogP contribution in [-0.4, -0.2) is 24.6 Å². The summed E-state index contributed by atoms with van der Waals surface area (Å²) in [7, 11) is -3.35. The van der Waals surface area contributed by atoms with Crippen LogP contribution >= 0.6 is 11.3 Å². The second-order valence-electron chi connectivity index (χ2n) is 6.30. The van der Waals surface area contributed by atoms with Crippen molar-refractivity contribution in [3.05, 3.63) is 71.9 Å². The molecule has 6 nitrogen and oxygen atoms in total. The van der Waals surface area contributed by atoms with E-state index in [-0.39, 0.29) is 0 Å². The van der Waals surface area contributed by atoms with Crippen LogP contribution in [0.25, 0.3) is 21.3 Å². The first-order valence-electron chi connectivity index (χ1n) is 8.58. The molecular weight excluding hydrogens is 392 g/mol. The molecule has 0 saturated carbocycles. The van der Waals surface area contributed by atoms with E-state index in [1.807, 2.05) is 30.3 Å². The number of thiophene rings is 1. The molecule has 28 heavy (non-hydrogen) atoms. The molecular formula is C20H18N4O2S2. The number of hydrogen-bond donors (Lipinski definition) is 2. The summed E-state index contributed by atoms with van der Waals surface area (Å²) in [6.45, 7) is 0.425. The van der Waals surface area contributed by atoms with Crippen molar-refractivity contribution in [1.29, 1.82) is 0 Å². The number of rotatable bonds is 6. The highest BCUT2D eigenvalue weighted by Crippen LogP contribution is 2.36. The number of para-hydroxylation sites is 1. The van der Waals surface area contributed by atoms with Crippen LogP contribution in [0.4, 0.5) is 11.5 Å². The first-order chi connectivity index (χ1) is 13.5. The molecule has 0 unspecified atom stereocenters. The first kappa shape index (κ1) is 18.4. The summed E-state index contributed by atoms with van der Waals surface area (Å²) in [5.41, 5.74) is 3.56. The summed E-state index contributed by atoms with van der Waals surface area (Å²) in [4.78, 5) is 9.72. The molecule has 0 radical (unpaired) electrons. The zero-order valence-electron chi connectivity index (χ0n) is 15.1. The van der Waals surface area contributed by atoms with E-state index in [2.05, 4.69) is 37.5 Å². The number of anilines is 2. The Kier molecular flexibility index (Phi) is 4.97. The second-order valence-corrected chi connectivity index (χ2v) is 8.91. The molecule has 0 fully saturated rings. The minimum Gasteiger partial charge on any atom is -0.365 e. The van der Waals surface area contributed by atoms with Crippen LogP contribution in [0, 0.1) is 0 Å². The standard InChI is InChI=1S/C20H18N4O2S2/c1-28(25,26)24-17-10-6-5-9-15(17)11-21-19-18-16(14-7-3-2-4-8-14)12-27-20(18)23-13-22-19/h2-10,12-13,24H,11H2,1H3,(H,21,22,23). The SMILES string of the molecule is CS(=O)(=O)Nc1ccccc1CNc1ncnc2scc(-c3ccccc3)c12. The smallest absolute Gasteiger partial charge is 0.229 e. The Labute approximate surface area is 167 Å². The maximum atomic E-state index is 11.6. The molecule has 4 rings (SSSR count). The number of fused-ring (bicyclic) bond motifs is 1. The molecule has 0 amide bonds. The maximum Gasteiger partial charge on any atom is 0.229 e. The lowest BCUT2D eigenvalue weighted by Gasteiger charge is -2.13. The van der Waals surface area contributed by atoms with Crippen LogP contribution in [0.5, 0.6) is 0 Å². The van der Waals surface area contributed by atoms with Crippen LogP contribution in [-0.2, 0) is 16.6 Å². The molecule has 0 atom stereocenters. The molecule has 0 aliphatic rings. The number of nitrogens with zero attached hydrogens (tertiary/aromatic N) is 2. The molecule has 2 heterocycles. The monoisotopic (exact) mass is 410 g/mol. The third-order valence-electron chi connectivity index (χ3n) is 4.21. The molecule has 0 spiro atoms. The van der Waals surface area contributed by atoms with Gasteiger partial charge in [0.25, 0.3) is 0 Å². The summed E-state index contributed by atoms with van der Waals surface area (Å²) < 4.78 is 25.8. The van der Waals surface area contributed by atoms with E-state index < -0.39 is 10.0 Å². The molecule has 142 valence electrons. The fourth-order valence-electron chi connectivity index (χ4n) is 2.99. The highest BCUT2D eigenvalue weighted by Gasteiger charge is 2.14. The summed E-state index contributed by atoms with van der Waals surface area (Å²) in [6, 6.07) is 17.4. The van der Waals surface area contributed by atoms with Gasteiger partial charge in [0.05, 0.1) is 17.3 Å². The van der Waals surface area contributed by atoms with E-state index in [1.54, 1.807) is 23.5 Å². The number of hydrogen-bond acceptors (Lipinski definition) is 6. The summed E-state index contributed by atoms with van der Waals surface area (Å²) in [5, 5.41) is 6.39. The van der Waals surface area contributed by atoms with Crippen LogP contribution in [0.1, 0.15) is 5.56 Å². The van der Waals surface area contributed by atoms with Crippen molar-refractivity contribution in [2.75, 3.05) is 16.3 Å². The Hall–Kier alpha value is -2.97. The highest BCUT2D eigenvalue weighted by atomic mass is 32.2. The van der Waals surface area contributed by atoms with Gasteiger partial charge in [-0.2, -0.15) is 0 Å². The van der Waals surface area contributed by atoms with Gasteiger partial charge in [-0.3, -0.25) is 4.72 Å². The normalized spacial score (nSPS) is 11.5. The van der Waals surface area contributed by atoms with Gasteiger partial charge >= 0.3 is 0 Å². The predicted molar refractivity (Wildman–Crippen MR) is 115 cm³/mol. The van der Waals surface area contributed by atoms with Crippen molar-refractivity contribution in [1.82, 2.24) is 9.97 Å². The number of aromatic nitrogens is 2. The quantitative estimate of drug-likeness (QED) is 0.494. The lowest BCUT2D eigenvalue weighted by atomic mass is 10.1. The largest absolute Gasteiger partial charge is 0.365 e. The third-order valence-corrected chi connectivity index (χ3v) is 5.69. The van der Waals surface area contributed by atoms with Gasteiger partial charge in [-0.05, 0) is 17.2 Å². The minimum atomic E-state index is -3.35. The Bertz CT molecular complexity index is 1220. The van der Waals surface area contributed by atoms with E-state index in [0.29, 0.717) is 12.2 Å². The van der Waals surface area contributed by atoms with Gasteiger partial charge in [-0.25, -0.2) is 18.4 Å². The molecule has 2 aromatic carbocycles. The minimum absolute atomic E-state index is 0.425. The van der Waals surface area contributed by atoms with Gasteiger partial charge in [0.2, 0.25) is 10.0 Å². The second kappa shape index (κ2) is 7.57. The van der Waals surface area contributed by atoms with E-state index >= 15 is 0 Å². The van der Waals surface area contributed by atoms with E-state index in [0.717, 1.165) is 39.0 Å². The van der Waals surface area contributed by atoms with Crippen LogP contribution in [0.2, 0.25) is 0 Å². The Balaban J connectivity index is 1.68. The average Bonchev–Trinajstić information content (AvgIpc) is 3.12. The lowest BCUT2D eigenvalue weighted by Crippen LogP contribution is -2.12. The molecule has 8 heteroatoms. The van der Waals surface area contributed by atoms with Gasteiger partial charge in [-0.15, -0.1) is 11.3 Å². The topological polar surface area (TPSA) is 84.0 Å². The zero-order chi connectivity index (χ0) is 19.6. The maximum absolute atomic E-state index is 11.6. The Morgan fingerprint density at radius 1 is 1.00 bits per heavy atom. The van der Waals surface area contributed by atoms with Gasteiger partial charge in [0.15, 0.2) is 0 Å². The van der Waals surface area contributed by atoms with Crippen molar-refractivity contribution < 1.29 is 8.42 Å². The molecule has 4 aromatic rings. The summed E-state index contributed by atoms with van der Waals surface area (Å²) in [6.07, 6.45) is 2.68. The van der Waals surface area contributed by atoms with Gasteiger partial charge in [0, 0.05) is 17.5 Å². The molecule has 0 bridgehead atoms. The summed E-state index contributed by atoms with van der Waals surface area (Å²) in [5.74, 6) is 0.722. The molecule has 2 aromatic heterocycles. The van der Waals surface area contributed by atoms with Crippen molar-refractivity contribution in [3.8, 4) is 11.1 Å². The third kappa shape index (κ3) is 3.97. The highest BCUT2D eigenvalue weighted by molar-refractivity contribution is 7.92. The molecule has 0 aliphatic heterocycles. The predicted octanol–water partition coefficient (Wildman–Crippen LogP) is 4.34. The number of nitrogens with one attached hydrogen (secondary N) is 2. The van der Waals surface area contributed by atoms with Gasteiger partial charge in [-0.1, -0.05) is 48.5 Å². The van der Waals surface area contributed by atoms with Gasteiger partial charge in [0.1, 0.15) is 17.0 Å². The average molecular weight is 411 g/mol. The Morgan fingerprint density at radius 3 is 2.54 bits per heavy atom. The van der Waals surface area contributed by atoms with Crippen molar-refractivity contribution in [2.24, 2.45) is 0 Å². The molecule has 0 aliphatic carbocycles. The lowest BCUT2D eigenvalue weighted by molar-refractivity contribution is 0.606. The molecule has 2 N–H and O–H groups in total. The van der Waals surface area contributed by atoms with E-state index in [4.69, 9.17) is 0 Å². The van der Waals surface area contributed by atoms with E-state index in [9.17, 15) is 8.42 Å². The van der Waals surface area contributed by atoms with E-state index in [1.165, 1.54) is 6.33 Å². The molecule has 0 saturated heterocycles. The van der Waals surface area contributed by atoms with Gasteiger partial charge < -0.3 is 5.32 Å².